The second-order valence-corrected chi connectivity index (χ2v) is 6.63. The normalized spacial score (nSPS) is 13.5. The molecule has 0 aliphatic carbocycles. The van der Waals surface area contributed by atoms with Crippen molar-refractivity contribution in [3.63, 3.8) is 0 Å². The van der Waals surface area contributed by atoms with E-state index in [1.165, 1.54) is 0 Å². The molecule has 4 rings (SSSR count). The van der Waals surface area contributed by atoms with Crippen LogP contribution in [0.25, 0.3) is 11.0 Å². The quantitative estimate of drug-likeness (QED) is 0.563. The maximum absolute atomic E-state index is 12.6. The Bertz CT molecular complexity index is 1040. The Balaban J connectivity index is 0.000000807. The van der Waals surface area contributed by atoms with Crippen molar-refractivity contribution in [1.82, 2.24) is 14.6 Å². The lowest BCUT2D eigenvalue weighted by molar-refractivity contribution is 0.0903. The summed E-state index contributed by atoms with van der Waals surface area (Å²) in [6.07, 6.45) is 3.36. The molecular weight excluding hydrogens is 418 g/mol. The molecule has 1 aliphatic heterocycles. The lowest BCUT2D eigenvalue weighted by atomic mass is 10.1. The molecule has 1 aromatic carbocycles. The molecule has 1 fully saturated rings. The highest BCUT2D eigenvalue weighted by molar-refractivity contribution is 6.32. The van der Waals surface area contributed by atoms with Crippen molar-refractivity contribution < 1.29 is 9.47 Å². The van der Waals surface area contributed by atoms with Gasteiger partial charge in [-0.1, -0.05) is 51.4 Å². The van der Waals surface area contributed by atoms with Gasteiger partial charge in [-0.05, 0) is 31.0 Å². The Hall–Kier alpha value is -2.84. The number of fused-ring (bicyclic) bond motifs is 1. The first kappa shape index (κ1) is 24.4. The molecule has 1 aliphatic rings. The van der Waals surface area contributed by atoms with Crippen molar-refractivity contribution in [2.45, 2.75) is 46.6 Å². The number of nitrogens with one attached hydrogen (secondary N) is 1. The predicted octanol–water partition coefficient (Wildman–Crippen LogP) is 4.59. The van der Waals surface area contributed by atoms with Crippen LogP contribution in [0, 0.1) is 0 Å². The van der Waals surface area contributed by atoms with Gasteiger partial charge in [0.1, 0.15) is 5.75 Å². The van der Waals surface area contributed by atoms with E-state index in [0.717, 1.165) is 17.5 Å². The van der Waals surface area contributed by atoms with Crippen molar-refractivity contribution in [2.75, 3.05) is 24.4 Å². The molecule has 0 unspecified atom stereocenters. The molecule has 1 saturated heterocycles. The molecule has 0 bridgehead atoms. The zero-order chi connectivity index (χ0) is 22.8. The summed E-state index contributed by atoms with van der Waals surface area (Å²) in [6, 6.07) is 8.68. The minimum atomic E-state index is -0.516. The zero-order valence-electron chi connectivity index (χ0n) is 18.4. The Morgan fingerprint density at radius 2 is 1.84 bits per heavy atom. The largest absolute Gasteiger partial charge is 0.450 e. The molecule has 3 aromatic rings. The fraction of sp³-hybridized carbons (Fsp3) is 0.409. The Morgan fingerprint density at radius 3 is 2.52 bits per heavy atom. The summed E-state index contributed by atoms with van der Waals surface area (Å²) in [6.45, 7) is 9.41. The SMILES string of the molecule is CC.CC.Nn1c(=O)c(Oc2ccccc2Cl)cc2cnc(NC3CCOCC3)nc21. The number of nitrogens with two attached hydrogens (primary N) is 1. The third kappa shape index (κ3) is 6.08. The maximum atomic E-state index is 12.6. The highest BCUT2D eigenvalue weighted by Gasteiger charge is 2.17. The van der Waals surface area contributed by atoms with Gasteiger partial charge in [-0.15, -0.1) is 0 Å². The Morgan fingerprint density at radius 1 is 1.16 bits per heavy atom. The van der Waals surface area contributed by atoms with Crippen LogP contribution in [-0.2, 0) is 4.74 Å². The summed E-state index contributed by atoms with van der Waals surface area (Å²) in [5.41, 5.74) is -0.200. The molecule has 9 heteroatoms. The number of ether oxygens (including phenoxy) is 2. The molecule has 0 spiro atoms. The topological polar surface area (TPSA) is 104 Å². The Kier molecular flexibility index (Phi) is 9.55. The summed E-state index contributed by atoms with van der Waals surface area (Å²) in [5, 5.41) is 4.24. The first-order chi connectivity index (χ1) is 15.1. The molecule has 3 N–H and O–H groups in total. The van der Waals surface area contributed by atoms with E-state index in [9.17, 15) is 4.79 Å². The van der Waals surface area contributed by atoms with Gasteiger partial charge in [0.15, 0.2) is 11.4 Å². The van der Waals surface area contributed by atoms with E-state index >= 15 is 0 Å². The minimum absolute atomic E-state index is 0.0480. The lowest BCUT2D eigenvalue weighted by Gasteiger charge is -2.23. The second kappa shape index (κ2) is 12.1. The van der Waals surface area contributed by atoms with Gasteiger partial charge < -0.3 is 20.6 Å². The van der Waals surface area contributed by atoms with E-state index in [2.05, 4.69) is 15.3 Å². The molecule has 168 valence electrons. The van der Waals surface area contributed by atoms with Crippen LogP contribution in [0.1, 0.15) is 40.5 Å². The van der Waals surface area contributed by atoms with Gasteiger partial charge in [0.2, 0.25) is 5.95 Å². The van der Waals surface area contributed by atoms with E-state index in [4.69, 9.17) is 26.9 Å². The van der Waals surface area contributed by atoms with Gasteiger partial charge in [0.05, 0.1) is 5.02 Å². The molecule has 0 amide bonds. The van der Waals surface area contributed by atoms with Crippen LogP contribution < -0.4 is 21.5 Å². The molecule has 0 atom stereocenters. The van der Waals surface area contributed by atoms with Crippen LogP contribution in [0.3, 0.4) is 0 Å². The highest BCUT2D eigenvalue weighted by atomic mass is 35.5. The fourth-order valence-electron chi connectivity index (χ4n) is 2.91. The van der Waals surface area contributed by atoms with Gasteiger partial charge in [-0.25, -0.2) is 9.66 Å². The van der Waals surface area contributed by atoms with Gasteiger partial charge in [0.25, 0.3) is 0 Å². The third-order valence-corrected chi connectivity index (χ3v) is 4.66. The van der Waals surface area contributed by atoms with E-state index in [0.29, 0.717) is 41.0 Å². The van der Waals surface area contributed by atoms with Crippen molar-refractivity contribution >= 4 is 28.6 Å². The number of hydrogen-bond donors (Lipinski definition) is 2. The monoisotopic (exact) mass is 447 g/mol. The van der Waals surface area contributed by atoms with E-state index in [1.807, 2.05) is 27.7 Å². The summed E-state index contributed by atoms with van der Waals surface area (Å²) < 4.78 is 12.0. The number of pyridine rings is 1. The van der Waals surface area contributed by atoms with Crippen LogP contribution in [0.15, 0.2) is 41.3 Å². The van der Waals surface area contributed by atoms with Crippen molar-refractivity contribution in [2.24, 2.45) is 0 Å². The van der Waals surface area contributed by atoms with Gasteiger partial charge in [-0.2, -0.15) is 4.98 Å². The first-order valence-corrected chi connectivity index (χ1v) is 10.9. The number of hydrogen-bond acceptors (Lipinski definition) is 7. The highest BCUT2D eigenvalue weighted by Crippen LogP contribution is 2.28. The van der Waals surface area contributed by atoms with Gasteiger partial charge >= 0.3 is 5.56 Å². The van der Waals surface area contributed by atoms with Crippen LogP contribution >= 0.6 is 11.6 Å². The van der Waals surface area contributed by atoms with Gasteiger partial charge in [0, 0.05) is 30.8 Å². The van der Waals surface area contributed by atoms with Crippen molar-refractivity contribution in [3.8, 4) is 11.5 Å². The zero-order valence-corrected chi connectivity index (χ0v) is 19.1. The van der Waals surface area contributed by atoms with Gasteiger partial charge in [-0.3, -0.25) is 4.79 Å². The van der Waals surface area contributed by atoms with Crippen LogP contribution in [0.4, 0.5) is 5.95 Å². The summed E-state index contributed by atoms with van der Waals surface area (Å²) in [4.78, 5) is 21.3. The van der Waals surface area contributed by atoms with E-state index < -0.39 is 5.56 Å². The summed E-state index contributed by atoms with van der Waals surface area (Å²) in [7, 11) is 0. The number of halogens is 1. The standard InChI is InChI=1S/C18H18ClN5O3.2C2H6/c19-13-3-1-2-4-14(13)27-15-9-11-10-21-18(22-12-5-7-26-8-6-12)23-16(11)24(20)17(15)25;2*1-2/h1-4,9-10,12H,5-8,20H2,(H,21,22,23);2*1-2H3. The number of para-hydroxylation sites is 1. The van der Waals surface area contributed by atoms with Crippen LogP contribution in [0.2, 0.25) is 5.02 Å². The molecular formula is C22H30ClN5O3. The maximum Gasteiger partial charge on any atom is 0.313 e. The number of benzene rings is 1. The van der Waals surface area contributed by atoms with Crippen molar-refractivity contribution in [3.05, 3.63) is 51.9 Å². The fourth-order valence-corrected chi connectivity index (χ4v) is 3.08. The average Bonchev–Trinajstić information content (AvgIpc) is 2.82. The molecule has 8 nitrogen and oxygen atoms in total. The molecule has 0 radical (unpaired) electrons. The number of anilines is 1. The van der Waals surface area contributed by atoms with Crippen molar-refractivity contribution in [1.29, 1.82) is 0 Å². The summed E-state index contributed by atoms with van der Waals surface area (Å²) in [5.74, 6) is 6.81. The molecule has 3 heterocycles. The number of aromatic nitrogens is 3. The third-order valence-electron chi connectivity index (χ3n) is 4.35. The van der Waals surface area contributed by atoms with E-state index in [1.54, 1.807) is 36.5 Å². The lowest BCUT2D eigenvalue weighted by Crippen LogP contribution is -2.30. The molecule has 0 saturated carbocycles. The smallest absolute Gasteiger partial charge is 0.313 e. The first-order valence-electron chi connectivity index (χ1n) is 10.6. The predicted molar refractivity (Wildman–Crippen MR) is 126 cm³/mol. The second-order valence-electron chi connectivity index (χ2n) is 6.22. The summed E-state index contributed by atoms with van der Waals surface area (Å²) >= 11 is 6.09. The van der Waals surface area contributed by atoms with E-state index in [-0.39, 0.29) is 11.8 Å². The van der Waals surface area contributed by atoms with Crippen LogP contribution in [-0.4, -0.2) is 33.9 Å². The van der Waals surface area contributed by atoms with Crippen LogP contribution in [0.5, 0.6) is 11.5 Å². The molecule has 31 heavy (non-hydrogen) atoms. The average molecular weight is 448 g/mol. The number of rotatable bonds is 4. The minimum Gasteiger partial charge on any atom is -0.450 e. The Labute approximate surface area is 187 Å². The molecule has 2 aromatic heterocycles. The number of nitrogen functional groups attached to an aromatic ring is 1. The number of nitrogens with zero attached hydrogens (tertiary/aromatic N) is 3.